The molecule has 3 aromatic rings. The third-order valence-corrected chi connectivity index (χ3v) is 9.50. The highest BCUT2D eigenvalue weighted by Crippen LogP contribution is 2.41. The molecule has 1 aromatic heterocycles. The molecule has 10 heteroatoms. The average molecular weight is 545 g/mol. The number of amides is 1. The van der Waals surface area contributed by atoms with Gasteiger partial charge >= 0.3 is 0 Å². The van der Waals surface area contributed by atoms with Gasteiger partial charge in [0.25, 0.3) is 5.91 Å². The van der Waals surface area contributed by atoms with Gasteiger partial charge in [0.15, 0.2) is 15.5 Å². The standard InChI is InChI=1S/C29H28N4O5S/c1-19-2-7-22-26(16-19)39(35,36)18-23-27(29(34)32-12-15-38-25-9-8-24(25)32)30-33(28(22)23)21-5-3-20(4-6-21)17-31-10-13-37-14-11-31/h2-7,16,24-25H,10-15,17-18H2,1H3/t24-,25+/m0/s1. The summed E-state index contributed by atoms with van der Waals surface area (Å²) in [6.07, 6.45) is -0.299. The fourth-order valence-corrected chi connectivity index (χ4v) is 7.39. The third kappa shape index (κ3) is 4.17. The monoisotopic (exact) mass is 544 g/mol. The van der Waals surface area contributed by atoms with Crippen molar-refractivity contribution in [1.29, 1.82) is 0 Å². The molecule has 200 valence electrons. The van der Waals surface area contributed by atoms with Gasteiger partial charge in [-0.05, 0) is 36.2 Å². The second kappa shape index (κ2) is 9.31. The van der Waals surface area contributed by atoms with E-state index in [9.17, 15) is 13.2 Å². The third-order valence-electron chi connectivity index (χ3n) is 7.83. The van der Waals surface area contributed by atoms with Gasteiger partial charge in [-0.15, -0.1) is 0 Å². The maximum absolute atomic E-state index is 13.9. The molecule has 39 heavy (non-hydrogen) atoms. The van der Waals surface area contributed by atoms with Gasteiger partial charge in [0.05, 0.1) is 41.9 Å². The van der Waals surface area contributed by atoms with Crippen molar-refractivity contribution in [1.82, 2.24) is 19.6 Å². The molecule has 4 aliphatic rings. The lowest BCUT2D eigenvalue weighted by molar-refractivity contribution is -0.0230. The summed E-state index contributed by atoms with van der Waals surface area (Å²) in [6, 6.07) is 13.2. The van der Waals surface area contributed by atoms with E-state index in [1.807, 2.05) is 31.2 Å². The lowest BCUT2D eigenvalue weighted by Gasteiger charge is -2.39. The van der Waals surface area contributed by atoms with Crippen LogP contribution in [0.25, 0.3) is 16.9 Å². The Morgan fingerprint density at radius 3 is 2.59 bits per heavy atom. The van der Waals surface area contributed by atoms with Crippen molar-refractivity contribution in [3.05, 3.63) is 64.8 Å². The molecule has 0 saturated carbocycles. The van der Waals surface area contributed by atoms with Crippen LogP contribution in [0, 0.1) is 18.8 Å². The topological polar surface area (TPSA) is 94.0 Å². The number of sulfone groups is 1. The number of hydrogen-bond acceptors (Lipinski definition) is 7. The van der Waals surface area contributed by atoms with Gasteiger partial charge in [-0.2, -0.15) is 5.10 Å². The van der Waals surface area contributed by atoms with E-state index in [1.54, 1.807) is 15.6 Å². The maximum atomic E-state index is 13.9. The largest absolute Gasteiger partial charge is 0.379 e. The minimum absolute atomic E-state index is 0.159. The molecule has 2 atom stereocenters. The average Bonchev–Trinajstić information content (AvgIpc) is 3.28. The molecule has 0 bridgehead atoms. The molecule has 0 radical (unpaired) electrons. The van der Waals surface area contributed by atoms with E-state index < -0.39 is 9.84 Å². The summed E-state index contributed by atoms with van der Waals surface area (Å²) in [4.78, 5) is 18.2. The quantitative estimate of drug-likeness (QED) is 0.465. The van der Waals surface area contributed by atoms with Gasteiger partial charge in [-0.1, -0.05) is 36.1 Å². The molecule has 9 nitrogen and oxygen atoms in total. The van der Waals surface area contributed by atoms with Crippen LogP contribution in [0.1, 0.15) is 27.2 Å². The number of nitrogens with zero attached hydrogens (tertiary/aromatic N) is 4. The van der Waals surface area contributed by atoms with Gasteiger partial charge < -0.3 is 14.4 Å². The molecule has 0 N–H and O–H groups in total. The van der Waals surface area contributed by atoms with Crippen LogP contribution in [0.15, 0.2) is 47.4 Å². The smallest absolute Gasteiger partial charge is 0.275 e. The van der Waals surface area contributed by atoms with Crippen LogP contribution >= 0.6 is 0 Å². The summed E-state index contributed by atoms with van der Waals surface area (Å²) in [5, 5.41) is 4.80. The van der Waals surface area contributed by atoms with Gasteiger partial charge in [0, 0.05) is 37.3 Å². The van der Waals surface area contributed by atoms with Crippen molar-refractivity contribution < 1.29 is 22.7 Å². The Balaban J connectivity index is 1.32. The van der Waals surface area contributed by atoms with Crippen molar-refractivity contribution in [2.75, 3.05) is 39.5 Å². The molecule has 4 heterocycles. The zero-order valence-electron chi connectivity index (χ0n) is 21.6. The number of carbonyl (C=O) groups is 1. The normalized spacial score (nSPS) is 23.1. The predicted octanol–water partition coefficient (Wildman–Crippen LogP) is 2.19. The number of benzene rings is 2. The second-order valence-electron chi connectivity index (χ2n) is 10.4. The summed E-state index contributed by atoms with van der Waals surface area (Å²) in [6.45, 7) is 6.75. The minimum atomic E-state index is -3.66. The van der Waals surface area contributed by atoms with Gasteiger partial charge in [0.1, 0.15) is 12.1 Å². The second-order valence-corrected chi connectivity index (χ2v) is 12.4. The summed E-state index contributed by atoms with van der Waals surface area (Å²) >= 11 is 0. The van der Waals surface area contributed by atoms with Crippen LogP contribution < -0.4 is 0 Å². The number of aryl methyl sites for hydroxylation is 1. The zero-order valence-corrected chi connectivity index (χ0v) is 22.4. The van der Waals surface area contributed by atoms with Crippen LogP contribution in [0.3, 0.4) is 0 Å². The Bertz CT molecular complexity index is 1640. The molecule has 2 saturated heterocycles. The Hall–Kier alpha value is -3.49. The number of fused-ring (bicyclic) bond motifs is 4. The van der Waals surface area contributed by atoms with Crippen molar-refractivity contribution in [3.63, 3.8) is 0 Å². The molecule has 2 aromatic carbocycles. The van der Waals surface area contributed by atoms with E-state index in [2.05, 4.69) is 28.9 Å². The van der Waals surface area contributed by atoms with Crippen LogP contribution in [0.2, 0.25) is 0 Å². The van der Waals surface area contributed by atoms with Crippen LogP contribution in [-0.2, 0) is 31.6 Å². The number of ether oxygens (including phenoxy) is 2. The highest BCUT2D eigenvalue weighted by molar-refractivity contribution is 7.90. The lowest BCUT2D eigenvalue weighted by Crippen LogP contribution is -2.56. The van der Waals surface area contributed by atoms with Crippen molar-refractivity contribution in [2.45, 2.75) is 36.3 Å². The molecule has 0 unspecified atom stereocenters. The van der Waals surface area contributed by atoms with Gasteiger partial charge in [-0.25, -0.2) is 13.1 Å². The highest BCUT2D eigenvalue weighted by atomic mass is 32.2. The SMILES string of the molecule is Cc1ccc2c(c1)S(=O)(=O)Cc1c(C(=O)N3CCO[C@@H]4C#C[C@@H]43)nn(-c3ccc(CN4CCOCC4)cc3)c1-2. The van der Waals surface area contributed by atoms with E-state index >= 15 is 0 Å². The van der Waals surface area contributed by atoms with E-state index in [1.165, 1.54) is 5.56 Å². The van der Waals surface area contributed by atoms with Crippen molar-refractivity contribution >= 4 is 15.7 Å². The predicted molar refractivity (Wildman–Crippen MR) is 143 cm³/mol. The molecule has 0 spiro atoms. The first-order valence-electron chi connectivity index (χ1n) is 13.2. The molecule has 2 fully saturated rings. The molecule has 3 aliphatic heterocycles. The summed E-state index contributed by atoms with van der Waals surface area (Å²) in [5.41, 5.74) is 4.60. The van der Waals surface area contributed by atoms with Crippen LogP contribution in [0.5, 0.6) is 0 Å². The first-order valence-corrected chi connectivity index (χ1v) is 14.8. The molecule has 1 aliphatic carbocycles. The van der Waals surface area contributed by atoms with E-state index in [-0.39, 0.29) is 34.4 Å². The number of rotatable bonds is 4. The minimum Gasteiger partial charge on any atom is -0.379 e. The van der Waals surface area contributed by atoms with Crippen LogP contribution in [0.4, 0.5) is 0 Å². The van der Waals surface area contributed by atoms with E-state index in [0.29, 0.717) is 30.0 Å². The van der Waals surface area contributed by atoms with Gasteiger partial charge in [-0.3, -0.25) is 9.69 Å². The highest BCUT2D eigenvalue weighted by Gasteiger charge is 2.42. The number of aromatic nitrogens is 2. The van der Waals surface area contributed by atoms with E-state index in [4.69, 9.17) is 14.6 Å². The summed E-state index contributed by atoms with van der Waals surface area (Å²) < 4.78 is 39.7. The Labute approximate surface area is 227 Å². The lowest BCUT2D eigenvalue weighted by atomic mass is 9.98. The van der Waals surface area contributed by atoms with Crippen molar-refractivity contribution in [2.24, 2.45) is 0 Å². The van der Waals surface area contributed by atoms with E-state index in [0.717, 1.165) is 44.1 Å². The number of morpholine rings is 2. The fourth-order valence-electron chi connectivity index (χ4n) is 5.71. The Morgan fingerprint density at radius 1 is 1.05 bits per heavy atom. The molecular weight excluding hydrogens is 516 g/mol. The molecular formula is C29H28N4O5S. The first-order chi connectivity index (χ1) is 18.9. The number of hydrogen-bond donors (Lipinski definition) is 0. The summed E-state index contributed by atoms with van der Waals surface area (Å²) in [5.74, 6) is 5.36. The van der Waals surface area contributed by atoms with Crippen molar-refractivity contribution in [3.8, 4) is 28.8 Å². The first kappa shape index (κ1) is 24.5. The summed E-state index contributed by atoms with van der Waals surface area (Å²) in [7, 11) is -3.66. The zero-order chi connectivity index (χ0) is 26.7. The van der Waals surface area contributed by atoms with Gasteiger partial charge in [0.2, 0.25) is 0 Å². The maximum Gasteiger partial charge on any atom is 0.275 e. The number of carbonyl (C=O) groups excluding carboxylic acids is 1. The fraction of sp³-hybridized carbons (Fsp3) is 0.379. The Morgan fingerprint density at radius 2 is 1.85 bits per heavy atom. The Kier molecular flexibility index (Phi) is 5.86. The molecule has 1 amide bonds. The molecule has 7 rings (SSSR count). The van der Waals surface area contributed by atoms with Crippen LogP contribution in [-0.4, -0.2) is 85.5 Å².